The Labute approximate surface area is 135 Å². The highest BCUT2D eigenvalue weighted by Gasteiger charge is 2.60. The first-order chi connectivity index (χ1) is 11.3. The molecular formula is C17H11F3N2O2. The van der Waals surface area contributed by atoms with Crippen LogP contribution in [0.3, 0.4) is 0 Å². The summed E-state index contributed by atoms with van der Waals surface area (Å²) in [6.07, 6.45) is -0.393. The van der Waals surface area contributed by atoms with Crippen molar-refractivity contribution in [3.63, 3.8) is 0 Å². The van der Waals surface area contributed by atoms with E-state index in [2.05, 4.69) is 0 Å². The summed E-state index contributed by atoms with van der Waals surface area (Å²) in [4.78, 5) is 26.0. The Bertz CT molecular complexity index is 807. The van der Waals surface area contributed by atoms with Crippen LogP contribution in [-0.4, -0.2) is 11.8 Å². The van der Waals surface area contributed by atoms with Crippen LogP contribution in [0.2, 0.25) is 0 Å². The van der Waals surface area contributed by atoms with Crippen molar-refractivity contribution in [2.24, 2.45) is 23.7 Å². The second kappa shape index (κ2) is 4.69. The van der Waals surface area contributed by atoms with Crippen molar-refractivity contribution in [1.29, 1.82) is 5.26 Å². The average Bonchev–Trinajstić information content (AvgIpc) is 3.19. The molecule has 0 radical (unpaired) electrons. The summed E-state index contributed by atoms with van der Waals surface area (Å²) in [5.41, 5.74) is -2.36. The van der Waals surface area contributed by atoms with Crippen LogP contribution in [0.4, 0.5) is 18.9 Å². The van der Waals surface area contributed by atoms with E-state index < -0.39 is 46.6 Å². The van der Waals surface area contributed by atoms with Gasteiger partial charge in [0.2, 0.25) is 11.8 Å². The zero-order chi connectivity index (χ0) is 17.2. The number of allylic oxidation sites excluding steroid dienone is 2. The number of anilines is 1. The summed E-state index contributed by atoms with van der Waals surface area (Å²) in [6.45, 7) is 0. The lowest BCUT2D eigenvalue weighted by molar-refractivity contribution is -0.137. The maximum absolute atomic E-state index is 13.4. The van der Waals surface area contributed by atoms with Gasteiger partial charge in [-0.25, -0.2) is 4.90 Å². The van der Waals surface area contributed by atoms with Crippen LogP contribution in [0, 0.1) is 35.0 Å². The van der Waals surface area contributed by atoms with Gasteiger partial charge >= 0.3 is 6.18 Å². The van der Waals surface area contributed by atoms with Crippen molar-refractivity contribution in [2.45, 2.75) is 12.6 Å². The van der Waals surface area contributed by atoms with Crippen LogP contribution in [0.5, 0.6) is 0 Å². The number of halogens is 3. The Balaban J connectivity index is 1.86. The van der Waals surface area contributed by atoms with E-state index in [1.165, 1.54) is 12.1 Å². The standard InChI is InChI=1S/C17H11F3N2O2/c18-17(19,20)14-10(7-21)2-1-3-11(14)22-15(23)12-8-4-5-9(6-8)13(12)16(22)24/h1-5,8-9,12-13H,6H2. The van der Waals surface area contributed by atoms with Crippen molar-refractivity contribution in [3.05, 3.63) is 41.5 Å². The molecule has 0 aromatic heterocycles. The van der Waals surface area contributed by atoms with Gasteiger partial charge in [-0.1, -0.05) is 18.2 Å². The van der Waals surface area contributed by atoms with E-state index in [1.54, 1.807) is 0 Å². The molecule has 4 rings (SSSR count). The predicted octanol–water partition coefficient (Wildman–Crippen LogP) is 2.89. The molecule has 2 aliphatic carbocycles. The Hall–Kier alpha value is -2.62. The van der Waals surface area contributed by atoms with Gasteiger partial charge in [-0.15, -0.1) is 0 Å². The first kappa shape index (κ1) is 14.9. The largest absolute Gasteiger partial charge is 0.419 e. The van der Waals surface area contributed by atoms with E-state index in [0.29, 0.717) is 11.3 Å². The molecule has 24 heavy (non-hydrogen) atoms. The maximum atomic E-state index is 13.4. The fourth-order valence-corrected chi connectivity index (χ4v) is 4.26. The van der Waals surface area contributed by atoms with Gasteiger partial charge in [-0.3, -0.25) is 9.59 Å². The number of hydrogen-bond donors (Lipinski definition) is 0. The molecular weight excluding hydrogens is 321 g/mol. The van der Waals surface area contributed by atoms with Gasteiger partial charge in [-0.05, 0) is 30.4 Å². The summed E-state index contributed by atoms with van der Waals surface area (Å²) in [5, 5.41) is 8.99. The number of hydrogen-bond acceptors (Lipinski definition) is 3. The fraction of sp³-hybridized carbons (Fsp3) is 0.353. The minimum absolute atomic E-state index is 0.0880. The smallest absolute Gasteiger partial charge is 0.274 e. The van der Waals surface area contributed by atoms with E-state index in [0.717, 1.165) is 12.1 Å². The van der Waals surface area contributed by atoms with Gasteiger partial charge in [0, 0.05) is 0 Å². The van der Waals surface area contributed by atoms with Crippen molar-refractivity contribution in [2.75, 3.05) is 4.90 Å². The number of nitrogens with zero attached hydrogens (tertiary/aromatic N) is 2. The topological polar surface area (TPSA) is 61.2 Å². The maximum Gasteiger partial charge on any atom is 0.419 e. The van der Waals surface area contributed by atoms with E-state index in [1.807, 2.05) is 12.2 Å². The summed E-state index contributed by atoms with van der Waals surface area (Å²) in [6, 6.07) is 4.86. The van der Waals surface area contributed by atoms with E-state index in [4.69, 9.17) is 5.26 Å². The monoisotopic (exact) mass is 332 g/mol. The highest BCUT2D eigenvalue weighted by molar-refractivity contribution is 6.23. The Kier molecular flexibility index (Phi) is 2.92. The molecule has 3 aliphatic rings. The molecule has 1 saturated heterocycles. The van der Waals surface area contributed by atoms with Crippen LogP contribution in [0.1, 0.15) is 17.5 Å². The number of benzene rings is 1. The average molecular weight is 332 g/mol. The third kappa shape index (κ3) is 1.80. The summed E-state index contributed by atoms with van der Waals surface area (Å²) >= 11 is 0. The minimum atomic E-state index is -4.84. The van der Waals surface area contributed by atoms with E-state index in [9.17, 15) is 22.8 Å². The number of nitriles is 1. The number of amides is 2. The third-order valence-corrected chi connectivity index (χ3v) is 5.16. The highest BCUT2D eigenvalue weighted by atomic mass is 19.4. The van der Waals surface area contributed by atoms with Gasteiger partial charge in [0.05, 0.1) is 34.7 Å². The molecule has 1 heterocycles. The van der Waals surface area contributed by atoms with Gasteiger partial charge in [-0.2, -0.15) is 18.4 Å². The van der Waals surface area contributed by atoms with Crippen molar-refractivity contribution in [3.8, 4) is 6.07 Å². The molecule has 4 unspecified atom stereocenters. The van der Waals surface area contributed by atoms with Crippen LogP contribution < -0.4 is 4.90 Å². The molecule has 2 bridgehead atoms. The number of imide groups is 1. The number of rotatable bonds is 1. The van der Waals surface area contributed by atoms with Crippen LogP contribution in [-0.2, 0) is 15.8 Å². The normalized spacial score (nSPS) is 30.8. The molecule has 2 amide bonds. The van der Waals surface area contributed by atoms with Gasteiger partial charge in [0.25, 0.3) is 0 Å². The number of alkyl halides is 3. The molecule has 122 valence electrons. The van der Waals surface area contributed by atoms with E-state index in [-0.39, 0.29) is 11.8 Å². The van der Waals surface area contributed by atoms with Crippen LogP contribution in [0.15, 0.2) is 30.4 Å². The predicted molar refractivity (Wildman–Crippen MR) is 76.4 cm³/mol. The molecule has 0 spiro atoms. The SMILES string of the molecule is N#Cc1cccc(N2C(=O)C3C4C=CC(C4)C3C2=O)c1C(F)(F)F. The first-order valence-electron chi connectivity index (χ1n) is 7.51. The molecule has 4 nitrogen and oxygen atoms in total. The molecule has 4 atom stereocenters. The van der Waals surface area contributed by atoms with Crippen molar-refractivity contribution in [1.82, 2.24) is 0 Å². The Morgan fingerprint density at radius 1 is 1.08 bits per heavy atom. The van der Waals surface area contributed by atoms with Gasteiger partial charge in [0.1, 0.15) is 0 Å². The molecule has 7 heteroatoms. The second-order valence-corrected chi connectivity index (χ2v) is 6.32. The number of fused-ring (bicyclic) bond motifs is 5. The Morgan fingerprint density at radius 3 is 2.17 bits per heavy atom. The lowest BCUT2D eigenvalue weighted by atomic mass is 9.85. The second-order valence-electron chi connectivity index (χ2n) is 6.32. The highest BCUT2D eigenvalue weighted by Crippen LogP contribution is 2.54. The molecule has 2 fully saturated rings. The van der Waals surface area contributed by atoms with Gasteiger partial charge in [0.15, 0.2) is 0 Å². The van der Waals surface area contributed by atoms with Crippen molar-refractivity contribution >= 4 is 17.5 Å². The fourth-order valence-electron chi connectivity index (χ4n) is 4.26. The summed E-state index contributed by atoms with van der Waals surface area (Å²) in [5.74, 6) is -2.53. The van der Waals surface area contributed by atoms with E-state index >= 15 is 0 Å². The molecule has 1 aromatic carbocycles. The van der Waals surface area contributed by atoms with Crippen molar-refractivity contribution < 1.29 is 22.8 Å². The number of carbonyl (C=O) groups excluding carboxylic acids is 2. The summed E-state index contributed by atoms with van der Waals surface area (Å²) < 4.78 is 40.3. The molecule has 1 aromatic rings. The molecule has 0 N–H and O–H groups in total. The zero-order valence-electron chi connectivity index (χ0n) is 12.2. The molecule has 1 aliphatic heterocycles. The van der Waals surface area contributed by atoms with Crippen LogP contribution >= 0.6 is 0 Å². The van der Waals surface area contributed by atoms with Crippen LogP contribution in [0.25, 0.3) is 0 Å². The summed E-state index contributed by atoms with van der Waals surface area (Å²) in [7, 11) is 0. The third-order valence-electron chi connectivity index (χ3n) is 5.16. The zero-order valence-corrected chi connectivity index (χ0v) is 12.2. The lowest BCUT2D eigenvalue weighted by Gasteiger charge is -2.22. The lowest BCUT2D eigenvalue weighted by Crippen LogP contribution is -2.34. The number of carbonyl (C=O) groups is 2. The quantitative estimate of drug-likeness (QED) is 0.587. The molecule has 1 saturated carbocycles. The Morgan fingerprint density at radius 2 is 1.67 bits per heavy atom. The first-order valence-corrected chi connectivity index (χ1v) is 7.51. The van der Waals surface area contributed by atoms with Gasteiger partial charge < -0.3 is 0 Å². The minimum Gasteiger partial charge on any atom is -0.274 e.